The van der Waals surface area contributed by atoms with E-state index in [0.717, 1.165) is 5.56 Å². The zero-order valence-electron chi connectivity index (χ0n) is 10.5. The molecule has 20 heavy (non-hydrogen) atoms. The number of aromatic nitrogens is 3. The van der Waals surface area contributed by atoms with Gasteiger partial charge in [-0.2, -0.15) is 4.98 Å². The molecule has 0 unspecified atom stereocenters. The van der Waals surface area contributed by atoms with Gasteiger partial charge < -0.3 is 10.3 Å². The van der Waals surface area contributed by atoms with Crippen molar-refractivity contribution in [3.8, 4) is 11.6 Å². The van der Waals surface area contributed by atoms with Gasteiger partial charge in [-0.3, -0.25) is 0 Å². The zero-order valence-corrected chi connectivity index (χ0v) is 11.2. The van der Waals surface area contributed by atoms with Crippen LogP contribution in [0.2, 0.25) is 5.02 Å². The van der Waals surface area contributed by atoms with Crippen molar-refractivity contribution in [2.75, 3.05) is 5.73 Å². The summed E-state index contributed by atoms with van der Waals surface area (Å²) in [5, 5.41) is 4.62. The van der Waals surface area contributed by atoms with Crippen molar-refractivity contribution in [3.63, 3.8) is 0 Å². The lowest BCUT2D eigenvalue weighted by atomic mass is 10.1. The molecule has 0 aliphatic carbocycles. The van der Waals surface area contributed by atoms with Gasteiger partial charge in [-0.1, -0.05) is 35.0 Å². The molecule has 100 valence electrons. The maximum Gasteiger partial charge on any atom is 0.276 e. The van der Waals surface area contributed by atoms with E-state index in [0.29, 0.717) is 34.5 Å². The molecule has 3 rings (SSSR count). The third kappa shape index (κ3) is 2.62. The summed E-state index contributed by atoms with van der Waals surface area (Å²) in [5.41, 5.74) is 7.72. The van der Waals surface area contributed by atoms with E-state index in [4.69, 9.17) is 21.9 Å². The topological polar surface area (TPSA) is 77.8 Å². The summed E-state index contributed by atoms with van der Waals surface area (Å²) in [5.74, 6) is 0.929. The average molecular weight is 287 g/mol. The van der Waals surface area contributed by atoms with E-state index in [1.807, 2.05) is 24.3 Å². The molecule has 1 aromatic carbocycles. The Labute approximate surface area is 120 Å². The van der Waals surface area contributed by atoms with E-state index in [1.54, 1.807) is 18.3 Å². The summed E-state index contributed by atoms with van der Waals surface area (Å²) in [6, 6.07) is 11.0. The minimum Gasteiger partial charge on any atom is -0.397 e. The summed E-state index contributed by atoms with van der Waals surface area (Å²) >= 11 is 6.10. The summed E-state index contributed by atoms with van der Waals surface area (Å²) in [6.07, 6.45) is 2.06. The van der Waals surface area contributed by atoms with Crippen LogP contribution in [0.3, 0.4) is 0 Å². The molecule has 0 aliphatic rings. The molecule has 6 heteroatoms. The quantitative estimate of drug-likeness (QED) is 0.801. The van der Waals surface area contributed by atoms with Crippen LogP contribution >= 0.6 is 11.6 Å². The lowest BCUT2D eigenvalue weighted by Crippen LogP contribution is -1.92. The Morgan fingerprint density at radius 3 is 2.75 bits per heavy atom. The van der Waals surface area contributed by atoms with Crippen molar-refractivity contribution in [2.24, 2.45) is 0 Å². The maximum atomic E-state index is 6.10. The Bertz CT molecular complexity index is 724. The van der Waals surface area contributed by atoms with Crippen LogP contribution in [0, 0.1) is 0 Å². The average Bonchev–Trinajstić information content (AvgIpc) is 2.91. The molecule has 0 amide bonds. The standard InChI is InChI=1S/C14H11ClN4O/c15-11-4-2-1-3-9(11)7-13-18-14(20-19-13)12-6-5-10(16)8-17-12/h1-6,8H,7,16H2. The Balaban J connectivity index is 1.84. The van der Waals surface area contributed by atoms with Crippen molar-refractivity contribution < 1.29 is 4.52 Å². The van der Waals surface area contributed by atoms with Crippen LogP contribution in [0.1, 0.15) is 11.4 Å². The number of halogens is 1. The molecular weight excluding hydrogens is 276 g/mol. The van der Waals surface area contributed by atoms with Crippen molar-refractivity contribution >= 4 is 17.3 Å². The summed E-state index contributed by atoms with van der Waals surface area (Å²) in [4.78, 5) is 8.45. The molecule has 0 aliphatic heterocycles. The highest BCUT2D eigenvalue weighted by Crippen LogP contribution is 2.20. The largest absolute Gasteiger partial charge is 0.397 e. The summed E-state index contributed by atoms with van der Waals surface area (Å²) < 4.78 is 5.20. The Kier molecular flexibility index (Phi) is 3.35. The molecule has 0 spiro atoms. The minimum absolute atomic E-state index is 0.368. The normalized spacial score (nSPS) is 10.7. The van der Waals surface area contributed by atoms with Crippen LogP contribution in [-0.2, 0) is 6.42 Å². The number of pyridine rings is 1. The number of nitrogens with zero attached hydrogens (tertiary/aromatic N) is 3. The molecule has 0 radical (unpaired) electrons. The molecule has 5 nitrogen and oxygen atoms in total. The van der Waals surface area contributed by atoms with Crippen LogP contribution in [0.25, 0.3) is 11.6 Å². The molecule has 0 fully saturated rings. The molecule has 0 saturated heterocycles. The maximum absolute atomic E-state index is 6.10. The Morgan fingerprint density at radius 2 is 2.00 bits per heavy atom. The van der Waals surface area contributed by atoms with E-state index in [-0.39, 0.29) is 0 Å². The van der Waals surface area contributed by atoms with Gasteiger partial charge in [0.15, 0.2) is 5.82 Å². The number of nitrogens with two attached hydrogens (primary N) is 1. The van der Waals surface area contributed by atoms with Crippen molar-refractivity contribution in [1.29, 1.82) is 0 Å². The van der Waals surface area contributed by atoms with E-state index in [1.165, 1.54) is 0 Å². The fraction of sp³-hybridized carbons (Fsp3) is 0.0714. The van der Waals surface area contributed by atoms with Gasteiger partial charge in [0, 0.05) is 11.4 Å². The van der Waals surface area contributed by atoms with Gasteiger partial charge in [-0.25, -0.2) is 4.98 Å². The van der Waals surface area contributed by atoms with Gasteiger partial charge >= 0.3 is 0 Å². The van der Waals surface area contributed by atoms with Gasteiger partial charge in [0.2, 0.25) is 0 Å². The van der Waals surface area contributed by atoms with Crippen LogP contribution in [0.4, 0.5) is 5.69 Å². The van der Waals surface area contributed by atoms with Crippen LogP contribution < -0.4 is 5.73 Å². The number of hydrogen-bond acceptors (Lipinski definition) is 5. The third-order valence-electron chi connectivity index (χ3n) is 2.78. The van der Waals surface area contributed by atoms with E-state index in [9.17, 15) is 0 Å². The lowest BCUT2D eigenvalue weighted by Gasteiger charge is -1.98. The number of rotatable bonds is 3. The van der Waals surface area contributed by atoms with E-state index in [2.05, 4.69) is 15.1 Å². The first-order chi connectivity index (χ1) is 9.72. The highest BCUT2D eigenvalue weighted by molar-refractivity contribution is 6.31. The fourth-order valence-electron chi connectivity index (χ4n) is 1.77. The Hall–Kier alpha value is -2.40. The van der Waals surface area contributed by atoms with Crippen LogP contribution in [0.5, 0.6) is 0 Å². The molecule has 2 aromatic heterocycles. The first-order valence-electron chi connectivity index (χ1n) is 6.00. The monoisotopic (exact) mass is 286 g/mol. The summed E-state index contributed by atoms with van der Waals surface area (Å²) in [6.45, 7) is 0. The second kappa shape index (κ2) is 5.30. The SMILES string of the molecule is Nc1ccc(-c2nc(Cc3ccccc3Cl)no2)nc1. The Morgan fingerprint density at radius 1 is 1.15 bits per heavy atom. The number of nitrogen functional groups attached to an aromatic ring is 1. The van der Waals surface area contributed by atoms with E-state index >= 15 is 0 Å². The number of anilines is 1. The van der Waals surface area contributed by atoms with Gasteiger partial charge in [0.1, 0.15) is 5.69 Å². The second-order valence-electron chi connectivity index (χ2n) is 4.26. The smallest absolute Gasteiger partial charge is 0.276 e. The predicted molar refractivity (Wildman–Crippen MR) is 76.2 cm³/mol. The van der Waals surface area contributed by atoms with Crippen molar-refractivity contribution in [3.05, 3.63) is 59.0 Å². The molecule has 2 heterocycles. The first-order valence-corrected chi connectivity index (χ1v) is 6.38. The molecular formula is C14H11ClN4O. The molecule has 3 aromatic rings. The molecule has 0 atom stereocenters. The van der Waals surface area contributed by atoms with Crippen LogP contribution in [-0.4, -0.2) is 15.1 Å². The zero-order chi connectivity index (χ0) is 13.9. The van der Waals surface area contributed by atoms with Crippen LogP contribution in [0.15, 0.2) is 47.1 Å². The molecule has 0 saturated carbocycles. The van der Waals surface area contributed by atoms with Gasteiger partial charge in [0.05, 0.1) is 11.9 Å². The van der Waals surface area contributed by atoms with Crippen molar-refractivity contribution in [2.45, 2.75) is 6.42 Å². The molecule has 0 bridgehead atoms. The number of hydrogen-bond donors (Lipinski definition) is 1. The minimum atomic E-state index is 0.368. The fourth-order valence-corrected chi connectivity index (χ4v) is 1.98. The summed E-state index contributed by atoms with van der Waals surface area (Å²) in [7, 11) is 0. The van der Waals surface area contributed by atoms with Gasteiger partial charge in [-0.15, -0.1) is 0 Å². The first kappa shape index (κ1) is 12.6. The third-order valence-corrected chi connectivity index (χ3v) is 3.15. The van der Waals surface area contributed by atoms with Gasteiger partial charge in [0.25, 0.3) is 5.89 Å². The predicted octanol–water partition coefficient (Wildman–Crippen LogP) is 2.96. The lowest BCUT2D eigenvalue weighted by molar-refractivity contribution is 0.422. The number of benzene rings is 1. The second-order valence-corrected chi connectivity index (χ2v) is 4.67. The highest BCUT2D eigenvalue weighted by atomic mass is 35.5. The van der Waals surface area contributed by atoms with E-state index < -0.39 is 0 Å². The van der Waals surface area contributed by atoms with Gasteiger partial charge in [-0.05, 0) is 23.8 Å². The highest BCUT2D eigenvalue weighted by Gasteiger charge is 2.11. The molecule has 2 N–H and O–H groups in total. The van der Waals surface area contributed by atoms with Crippen molar-refractivity contribution in [1.82, 2.24) is 15.1 Å².